The number of halogens is 2. The highest BCUT2D eigenvalue weighted by Gasteiger charge is 2.32. The van der Waals surface area contributed by atoms with Crippen molar-refractivity contribution in [2.24, 2.45) is 0 Å². The van der Waals surface area contributed by atoms with Gasteiger partial charge in [0.05, 0.1) is 0 Å². The summed E-state index contributed by atoms with van der Waals surface area (Å²) in [5, 5.41) is 8.06. The molecule has 1 fully saturated rings. The van der Waals surface area contributed by atoms with Crippen molar-refractivity contribution in [3.8, 4) is 11.5 Å². The van der Waals surface area contributed by atoms with Crippen molar-refractivity contribution in [1.29, 1.82) is 0 Å². The molecule has 0 bridgehead atoms. The molecule has 3 aromatic rings. The van der Waals surface area contributed by atoms with Crippen molar-refractivity contribution < 1.29 is 49.2 Å². The van der Waals surface area contributed by atoms with E-state index in [0.717, 1.165) is 37.7 Å². The van der Waals surface area contributed by atoms with E-state index in [1.54, 1.807) is 23.6 Å². The Kier molecular flexibility index (Phi) is 15.5. The van der Waals surface area contributed by atoms with Crippen molar-refractivity contribution in [3.63, 3.8) is 0 Å². The summed E-state index contributed by atoms with van der Waals surface area (Å²) in [5.41, 5.74) is 6.16. The van der Waals surface area contributed by atoms with Crippen LogP contribution >= 0.6 is 0 Å². The quantitative estimate of drug-likeness (QED) is 0.273. The second-order valence-corrected chi connectivity index (χ2v) is 10.5. The van der Waals surface area contributed by atoms with Crippen LogP contribution in [0.4, 0.5) is 5.69 Å². The maximum atomic E-state index is 8.06. The molecule has 0 amide bonds. The predicted octanol–water partition coefficient (Wildman–Crippen LogP) is -2.74. The molecule has 0 radical (unpaired) electrons. The largest absolute Gasteiger partial charge is 1.00 e. The lowest BCUT2D eigenvalue weighted by atomic mass is 10.1. The average molecular weight is 578 g/mol. The monoisotopic (exact) mass is 576 g/mol. The van der Waals surface area contributed by atoms with Crippen LogP contribution in [-0.2, 0) is 0 Å². The first-order valence-electron chi connectivity index (χ1n) is 13.6. The first kappa shape index (κ1) is 34.7. The van der Waals surface area contributed by atoms with E-state index in [1.807, 2.05) is 0 Å². The number of ether oxygens (including phenoxy) is 2. The second-order valence-electron chi connectivity index (χ2n) is 10.5. The topological polar surface area (TPSA) is 47.6 Å². The molecule has 0 spiro atoms. The summed E-state index contributed by atoms with van der Waals surface area (Å²) in [7, 11) is 0. The second kappa shape index (κ2) is 17.4. The lowest BCUT2D eigenvalue weighted by Crippen LogP contribution is -3.28. The van der Waals surface area contributed by atoms with Gasteiger partial charge >= 0.3 is 0 Å². The number of hydrogen-bond acceptors (Lipinski definition) is 3. The number of rotatable bonds is 8. The van der Waals surface area contributed by atoms with Gasteiger partial charge in [-0.25, -0.2) is 0 Å². The molecule has 4 rings (SSSR count). The molecule has 0 unspecified atom stereocenters. The first-order chi connectivity index (χ1) is 17.8. The minimum Gasteiger partial charge on any atom is -1.00 e. The summed E-state index contributed by atoms with van der Waals surface area (Å²) in [6.45, 7) is 17.7. The van der Waals surface area contributed by atoms with Gasteiger partial charge in [-0.2, -0.15) is 0 Å². The first-order valence-corrected chi connectivity index (χ1v) is 13.6. The Hall–Kier alpha value is -2.28. The minimum atomic E-state index is -0.167. The van der Waals surface area contributed by atoms with Gasteiger partial charge in [0.1, 0.15) is 56.6 Å². The van der Waals surface area contributed by atoms with Crippen LogP contribution in [0.25, 0.3) is 0 Å². The Morgan fingerprint density at radius 1 is 0.641 bits per heavy atom. The fourth-order valence-electron chi connectivity index (χ4n) is 4.95. The zero-order valence-corrected chi connectivity index (χ0v) is 25.8. The van der Waals surface area contributed by atoms with E-state index in [1.165, 1.54) is 27.9 Å². The highest BCUT2D eigenvalue weighted by molar-refractivity contribution is 5.40. The third-order valence-electron chi connectivity index (χ3n) is 6.93. The van der Waals surface area contributed by atoms with Crippen molar-refractivity contribution in [1.82, 2.24) is 0 Å². The zero-order valence-electron chi connectivity index (χ0n) is 24.3. The zero-order chi connectivity index (χ0) is 26.8. The van der Waals surface area contributed by atoms with E-state index in [4.69, 9.17) is 14.6 Å². The van der Waals surface area contributed by atoms with Gasteiger partial charge in [-0.15, -0.1) is 0 Å². The van der Waals surface area contributed by atoms with E-state index in [2.05, 4.69) is 94.4 Å². The number of quaternary nitrogens is 2. The number of piperazine rings is 1. The molecule has 5 nitrogen and oxygen atoms in total. The molecule has 1 heterocycles. The Morgan fingerprint density at radius 2 is 1.03 bits per heavy atom. The fraction of sp³-hybridized carbons (Fsp3) is 0.438. The lowest BCUT2D eigenvalue weighted by Gasteiger charge is -2.34. The number of hydrogen-bond donors (Lipinski definition) is 3. The number of para-hydroxylation sites is 3. The summed E-state index contributed by atoms with van der Waals surface area (Å²) in [6.07, 6.45) is -0.167. The molecule has 0 saturated carbocycles. The predicted molar refractivity (Wildman–Crippen MR) is 151 cm³/mol. The van der Waals surface area contributed by atoms with E-state index in [0.29, 0.717) is 13.2 Å². The van der Waals surface area contributed by atoms with Crippen molar-refractivity contribution in [2.45, 2.75) is 53.7 Å². The Balaban J connectivity index is 0.00000119. The average Bonchev–Trinajstić information content (AvgIpc) is 2.87. The van der Waals surface area contributed by atoms with Crippen LogP contribution in [0.2, 0.25) is 0 Å². The lowest BCUT2D eigenvalue weighted by molar-refractivity contribution is -1.00. The Morgan fingerprint density at radius 3 is 1.41 bits per heavy atom. The van der Waals surface area contributed by atoms with Gasteiger partial charge in [0.15, 0.2) is 6.04 Å². The van der Waals surface area contributed by atoms with Crippen LogP contribution in [0.3, 0.4) is 0 Å². The number of aryl methyl sites for hydroxylation is 4. The van der Waals surface area contributed by atoms with Gasteiger partial charge in [0, 0.05) is 6.10 Å². The van der Waals surface area contributed by atoms with E-state index >= 15 is 0 Å². The molecule has 0 aromatic heterocycles. The summed E-state index contributed by atoms with van der Waals surface area (Å²) in [6, 6.07) is 23.8. The molecular weight excluding hydrogens is 531 g/mol. The van der Waals surface area contributed by atoms with Crippen LogP contribution < -0.4 is 44.1 Å². The van der Waals surface area contributed by atoms with Gasteiger partial charge in [0.25, 0.3) is 0 Å². The summed E-state index contributed by atoms with van der Waals surface area (Å²) >= 11 is 0. The highest BCUT2D eigenvalue weighted by Crippen LogP contribution is 2.24. The Labute approximate surface area is 248 Å². The van der Waals surface area contributed by atoms with Gasteiger partial charge in [-0.3, -0.25) is 4.90 Å². The number of benzene rings is 3. The Bertz CT molecular complexity index is 1010. The fourth-order valence-corrected chi connectivity index (χ4v) is 4.95. The SMILES string of the molecule is CC(C)O.Cc1cccc(C)c1OCC(COc1c(C)cccc1C)[NH+]1CC[NH+](c2ccccc2)CC1.[Cl-].[Cl-]. The van der Waals surface area contributed by atoms with Gasteiger partial charge in [-0.05, 0) is 75.9 Å². The molecule has 0 aliphatic carbocycles. The smallest absolute Gasteiger partial charge is 0.157 e. The van der Waals surface area contributed by atoms with Crippen LogP contribution in [-0.4, -0.2) is 56.6 Å². The van der Waals surface area contributed by atoms with Crippen LogP contribution in [0, 0.1) is 27.7 Å². The molecular formula is C32H46Cl2N2O3. The minimum absolute atomic E-state index is 0. The van der Waals surface area contributed by atoms with Gasteiger partial charge < -0.3 is 44.3 Å². The van der Waals surface area contributed by atoms with Crippen molar-refractivity contribution in [3.05, 3.63) is 89.0 Å². The molecule has 7 heteroatoms. The summed E-state index contributed by atoms with van der Waals surface area (Å²) in [5.74, 6) is 2.03. The normalized spacial score (nSPS) is 16.4. The van der Waals surface area contributed by atoms with E-state index in [9.17, 15) is 0 Å². The number of aliphatic hydroxyl groups excluding tert-OH is 1. The van der Waals surface area contributed by atoms with Crippen molar-refractivity contribution in [2.75, 3.05) is 39.4 Å². The van der Waals surface area contributed by atoms with Crippen molar-refractivity contribution >= 4 is 5.69 Å². The molecule has 1 aliphatic rings. The summed E-state index contributed by atoms with van der Waals surface area (Å²) in [4.78, 5) is 3.15. The molecule has 1 saturated heterocycles. The standard InChI is InChI=1S/C29H36N2O2.C3H8O.2ClH/c1-22-10-8-11-23(2)28(22)32-20-27(21-33-29-24(3)12-9-13-25(29)4)31-18-16-30(17-19-31)26-14-6-5-7-15-26;1-3(2)4;;/h5-15,27H,16-21H2,1-4H3;3-4H,1-2H3;2*1H. The number of aliphatic hydroxyl groups is 1. The number of nitrogens with one attached hydrogen (secondary N) is 2. The maximum Gasteiger partial charge on any atom is 0.157 e. The molecule has 1 aliphatic heterocycles. The molecule has 3 N–H and O–H groups in total. The van der Waals surface area contributed by atoms with Gasteiger partial charge in [-0.1, -0.05) is 54.6 Å². The van der Waals surface area contributed by atoms with Crippen LogP contribution in [0.15, 0.2) is 66.7 Å². The van der Waals surface area contributed by atoms with E-state index < -0.39 is 0 Å². The third-order valence-corrected chi connectivity index (χ3v) is 6.93. The molecule has 3 aromatic carbocycles. The summed E-state index contributed by atoms with van der Waals surface area (Å²) < 4.78 is 12.9. The molecule has 0 atom stereocenters. The van der Waals surface area contributed by atoms with E-state index in [-0.39, 0.29) is 37.0 Å². The van der Waals surface area contributed by atoms with Crippen LogP contribution in [0.5, 0.6) is 11.5 Å². The molecule has 39 heavy (non-hydrogen) atoms. The third kappa shape index (κ3) is 10.7. The van der Waals surface area contributed by atoms with Crippen LogP contribution in [0.1, 0.15) is 36.1 Å². The van der Waals surface area contributed by atoms with Gasteiger partial charge in [0.2, 0.25) is 0 Å². The molecule has 216 valence electrons. The maximum absolute atomic E-state index is 8.06. The highest BCUT2D eigenvalue weighted by atomic mass is 35.5.